The minimum atomic E-state index is -0.680. The summed E-state index contributed by atoms with van der Waals surface area (Å²) < 4.78 is 5.55. The van der Waals surface area contributed by atoms with Gasteiger partial charge in [-0.15, -0.1) is 0 Å². The molecule has 0 radical (unpaired) electrons. The van der Waals surface area contributed by atoms with E-state index in [9.17, 15) is 14.7 Å². The molecule has 166 valence electrons. The van der Waals surface area contributed by atoms with Gasteiger partial charge in [-0.05, 0) is 64.0 Å². The molecule has 0 saturated heterocycles. The Balaban J connectivity index is 1.76. The van der Waals surface area contributed by atoms with Gasteiger partial charge in [-0.25, -0.2) is 0 Å². The van der Waals surface area contributed by atoms with Crippen molar-refractivity contribution < 1.29 is 19.4 Å². The number of nitrogens with two attached hydrogens (primary N) is 1. The number of aliphatic hydroxyl groups excluding tert-OH is 1. The first-order valence-electron chi connectivity index (χ1n) is 11.1. The molecular weight excluding hydrogens is 380 g/mol. The van der Waals surface area contributed by atoms with Crippen LogP contribution in [0.5, 0.6) is 0 Å². The van der Waals surface area contributed by atoms with Gasteiger partial charge in [-0.1, -0.05) is 37.1 Å². The highest BCUT2D eigenvalue weighted by Gasteiger charge is 2.48. The summed E-state index contributed by atoms with van der Waals surface area (Å²) in [6.45, 7) is 5.54. The Bertz CT molecular complexity index is 753. The van der Waals surface area contributed by atoms with Crippen LogP contribution in [0.25, 0.3) is 0 Å². The van der Waals surface area contributed by atoms with Gasteiger partial charge in [0.25, 0.3) is 0 Å². The lowest BCUT2D eigenvalue weighted by atomic mass is 9.76. The lowest BCUT2D eigenvalue weighted by Crippen LogP contribution is -2.56. The predicted octanol–water partition coefficient (Wildman–Crippen LogP) is 2.50. The molecule has 2 aliphatic carbocycles. The van der Waals surface area contributed by atoms with Gasteiger partial charge in [-0.3, -0.25) is 9.59 Å². The zero-order chi connectivity index (χ0) is 22.0. The van der Waals surface area contributed by atoms with Crippen molar-refractivity contribution in [1.29, 1.82) is 0 Å². The van der Waals surface area contributed by atoms with Crippen LogP contribution in [0.2, 0.25) is 0 Å². The summed E-state index contributed by atoms with van der Waals surface area (Å²) in [6, 6.07) is 8.08. The number of amides is 1. The smallest absolute Gasteiger partial charge is 0.310 e. The largest absolute Gasteiger partial charge is 0.460 e. The van der Waals surface area contributed by atoms with E-state index in [1.165, 1.54) is 11.1 Å². The summed E-state index contributed by atoms with van der Waals surface area (Å²) in [6.07, 6.45) is 4.98. The Labute approximate surface area is 179 Å². The van der Waals surface area contributed by atoms with E-state index in [2.05, 4.69) is 17.4 Å². The SMILES string of the molecule is CC(C)(C)OC(=O)[C@@H](CN)CC1(C(=O)NC2(CO)Cc3ccccc3C2)CCCC1. The number of hydrogen-bond acceptors (Lipinski definition) is 5. The molecule has 0 bridgehead atoms. The fourth-order valence-electron chi connectivity index (χ4n) is 5.00. The molecule has 0 spiro atoms. The van der Waals surface area contributed by atoms with Gasteiger partial charge in [0.15, 0.2) is 0 Å². The van der Waals surface area contributed by atoms with Crippen LogP contribution in [0.15, 0.2) is 24.3 Å². The summed E-state index contributed by atoms with van der Waals surface area (Å²) in [5.74, 6) is -0.919. The van der Waals surface area contributed by atoms with Crippen molar-refractivity contribution in [2.24, 2.45) is 17.1 Å². The second-order valence-corrected chi connectivity index (χ2v) is 10.2. The van der Waals surface area contributed by atoms with Crippen molar-refractivity contribution in [3.63, 3.8) is 0 Å². The molecule has 2 aliphatic rings. The van der Waals surface area contributed by atoms with Crippen LogP contribution in [-0.4, -0.2) is 41.3 Å². The first kappa shape index (κ1) is 22.8. The van der Waals surface area contributed by atoms with Gasteiger partial charge in [0, 0.05) is 6.54 Å². The molecule has 6 heteroatoms. The molecule has 0 heterocycles. The van der Waals surface area contributed by atoms with Crippen LogP contribution < -0.4 is 11.1 Å². The van der Waals surface area contributed by atoms with Crippen LogP contribution >= 0.6 is 0 Å². The molecule has 1 aromatic carbocycles. The van der Waals surface area contributed by atoms with Crippen LogP contribution in [0.1, 0.15) is 64.0 Å². The molecule has 30 heavy (non-hydrogen) atoms. The van der Waals surface area contributed by atoms with Gasteiger partial charge >= 0.3 is 5.97 Å². The Morgan fingerprint density at radius 1 is 1.17 bits per heavy atom. The molecule has 0 unspecified atom stereocenters. The summed E-state index contributed by atoms with van der Waals surface area (Å²) in [5.41, 5.74) is 6.35. The monoisotopic (exact) mass is 416 g/mol. The minimum Gasteiger partial charge on any atom is -0.460 e. The lowest BCUT2D eigenvalue weighted by Gasteiger charge is -2.36. The molecule has 1 atom stereocenters. The number of benzene rings is 1. The van der Waals surface area contributed by atoms with Crippen molar-refractivity contribution in [3.05, 3.63) is 35.4 Å². The average molecular weight is 417 g/mol. The zero-order valence-corrected chi connectivity index (χ0v) is 18.5. The summed E-state index contributed by atoms with van der Waals surface area (Å²) in [5, 5.41) is 13.4. The van der Waals surface area contributed by atoms with Gasteiger partial charge in [0.05, 0.1) is 23.5 Å². The number of carbonyl (C=O) groups excluding carboxylic acids is 2. The van der Waals surface area contributed by atoms with Gasteiger partial charge < -0.3 is 20.9 Å². The quantitative estimate of drug-likeness (QED) is 0.593. The van der Waals surface area contributed by atoms with Gasteiger partial charge in [0.1, 0.15) is 5.60 Å². The zero-order valence-electron chi connectivity index (χ0n) is 18.5. The van der Waals surface area contributed by atoms with Gasteiger partial charge in [0.2, 0.25) is 5.91 Å². The van der Waals surface area contributed by atoms with E-state index in [1.807, 2.05) is 32.9 Å². The van der Waals surface area contributed by atoms with Crippen LogP contribution in [0, 0.1) is 11.3 Å². The molecule has 1 saturated carbocycles. The van der Waals surface area contributed by atoms with Crippen molar-refractivity contribution in [3.8, 4) is 0 Å². The summed E-state index contributed by atoms with van der Waals surface area (Å²) in [7, 11) is 0. The van der Waals surface area contributed by atoms with Crippen LogP contribution in [0.3, 0.4) is 0 Å². The number of rotatable bonds is 7. The molecule has 3 rings (SSSR count). The summed E-state index contributed by atoms with van der Waals surface area (Å²) in [4.78, 5) is 26.3. The maximum Gasteiger partial charge on any atom is 0.310 e. The molecule has 6 nitrogen and oxygen atoms in total. The first-order chi connectivity index (χ1) is 14.1. The Morgan fingerprint density at radius 2 is 1.73 bits per heavy atom. The van der Waals surface area contributed by atoms with Crippen molar-refractivity contribution in [1.82, 2.24) is 5.32 Å². The normalized spacial score (nSPS) is 20.4. The maximum absolute atomic E-state index is 13.6. The Hall–Kier alpha value is -1.92. The highest BCUT2D eigenvalue weighted by molar-refractivity contribution is 5.85. The summed E-state index contributed by atoms with van der Waals surface area (Å²) >= 11 is 0. The van der Waals surface area contributed by atoms with E-state index in [0.29, 0.717) is 19.3 Å². The minimum absolute atomic E-state index is 0.0659. The molecular formula is C24H36N2O4. The number of ether oxygens (including phenoxy) is 1. The molecule has 1 aromatic rings. The van der Waals surface area contributed by atoms with Crippen molar-refractivity contribution in [2.45, 2.75) is 76.9 Å². The fourth-order valence-corrected chi connectivity index (χ4v) is 5.00. The number of hydrogen-bond donors (Lipinski definition) is 3. The third-order valence-corrected chi connectivity index (χ3v) is 6.56. The fraction of sp³-hybridized carbons (Fsp3) is 0.667. The van der Waals surface area contributed by atoms with E-state index in [0.717, 1.165) is 25.7 Å². The van der Waals surface area contributed by atoms with Crippen LogP contribution in [-0.2, 0) is 27.2 Å². The van der Waals surface area contributed by atoms with Gasteiger partial charge in [-0.2, -0.15) is 0 Å². The maximum atomic E-state index is 13.6. The Kier molecular flexibility index (Phi) is 6.58. The molecule has 1 amide bonds. The predicted molar refractivity (Wildman–Crippen MR) is 116 cm³/mol. The standard InChI is InChI=1S/C24H36N2O4/c1-22(2,3)30-20(28)19(15-25)12-23(10-6-7-11-23)21(29)26-24(16-27)13-17-8-4-5-9-18(17)14-24/h4-5,8-9,19,27H,6-7,10-16,25H2,1-3H3,(H,26,29)/t19-/m1/s1. The molecule has 1 fully saturated rings. The second-order valence-electron chi connectivity index (χ2n) is 10.2. The third kappa shape index (κ3) is 4.86. The number of aliphatic hydroxyl groups is 1. The molecule has 4 N–H and O–H groups in total. The lowest BCUT2D eigenvalue weighted by molar-refractivity contribution is -0.161. The van der Waals surface area contributed by atoms with Crippen molar-refractivity contribution >= 4 is 11.9 Å². The second kappa shape index (κ2) is 8.67. The highest BCUT2D eigenvalue weighted by Crippen LogP contribution is 2.44. The Morgan fingerprint density at radius 3 is 2.20 bits per heavy atom. The van der Waals surface area contributed by atoms with E-state index in [-0.39, 0.29) is 25.0 Å². The number of fused-ring (bicyclic) bond motifs is 1. The third-order valence-electron chi connectivity index (χ3n) is 6.56. The first-order valence-corrected chi connectivity index (χ1v) is 11.1. The molecule has 0 aromatic heterocycles. The van der Waals surface area contributed by atoms with Crippen LogP contribution in [0.4, 0.5) is 0 Å². The van der Waals surface area contributed by atoms with E-state index in [4.69, 9.17) is 10.5 Å². The van der Waals surface area contributed by atoms with E-state index >= 15 is 0 Å². The highest BCUT2D eigenvalue weighted by atomic mass is 16.6. The van der Waals surface area contributed by atoms with E-state index in [1.54, 1.807) is 0 Å². The topological polar surface area (TPSA) is 102 Å². The number of nitrogens with one attached hydrogen (secondary N) is 1. The number of carbonyl (C=O) groups is 2. The average Bonchev–Trinajstić information content (AvgIpc) is 3.30. The number of esters is 1. The molecule has 0 aliphatic heterocycles. The van der Waals surface area contributed by atoms with E-state index < -0.39 is 22.5 Å². The van der Waals surface area contributed by atoms with Crippen molar-refractivity contribution in [2.75, 3.05) is 13.2 Å².